The summed E-state index contributed by atoms with van der Waals surface area (Å²) in [4.78, 5) is 33.7. The standard InChI is InChI=1S/C8H9N7O2S/c1-15-8(12-6(16)7(17)14-15)18-5-2-4(13-9)10-3-11-5/h2-3H,9H2,1H3,(H,14,17)(H,10,11,13). The molecule has 94 valence electrons. The summed E-state index contributed by atoms with van der Waals surface area (Å²) in [6.45, 7) is 0. The lowest BCUT2D eigenvalue weighted by Gasteiger charge is -2.05. The number of hydrogen-bond acceptors (Lipinski definition) is 8. The van der Waals surface area contributed by atoms with Gasteiger partial charge >= 0.3 is 11.1 Å². The Hall–Kier alpha value is -2.20. The van der Waals surface area contributed by atoms with Gasteiger partial charge in [-0.05, 0) is 11.8 Å². The van der Waals surface area contributed by atoms with Crippen LogP contribution in [0.5, 0.6) is 0 Å². The molecule has 0 aliphatic rings. The molecule has 0 aliphatic heterocycles. The van der Waals surface area contributed by atoms with Gasteiger partial charge in [0.2, 0.25) is 0 Å². The van der Waals surface area contributed by atoms with E-state index in [1.165, 1.54) is 11.0 Å². The Balaban J connectivity index is 2.36. The van der Waals surface area contributed by atoms with Crippen LogP contribution >= 0.6 is 11.8 Å². The van der Waals surface area contributed by atoms with Gasteiger partial charge in [-0.3, -0.25) is 19.4 Å². The summed E-state index contributed by atoms with van der Waals surface area (Å²) in [5, 5.41) is 3.18. The van der Waals surface area contributed by atoms with E-state index in [2.05, 4.69) is 25.5 Å². The van der Waals surface area contributed by atoms with Crippen molar-refractivity contribution in [1.82, 2.24) is 24.7 Å². The molecule has 0 bridgehead atoms. The van der Waals surface area contributed by atoms with Gasteiger partial charge in [-0.25, -0.2) is 15.8 Å². The number of nitrogens with one attached hydrogen (secondary N) is 2. The number of hydrazine groups is 1. The van der Waals surface area contributed by atoms with E-state index in [1.807, 2.05) is 0 Å². The molecule has 18 heavy (non-hydrogen) atoms. The van der Waals surface area contributed by atoms with Crippen molar-refractivity contribution in [2.75, 3.05) is 5.43 Å². The third-order valence-electron chi connectivity index (χ3n) is 1.93. The summed E-state index contributed by atoms with van der Waals surface area (Å²) in [6, 6.07) is 1.59. The molecule has 9 nitrogen and oxygen atoms in total. The van der Waals surface area contributed by atoms with E-state index < -0.39 is 11.1 Å². The van der Waals surface area contributed by atoms with Crippen molar-refractivity contribution in [3.8, 4) is 0 Å². The highest BCUT2D eigenvalue weighted by Gasteiger charge is 2.07. The van der Waals surface area contributed by atoms with Crippen molar-refractivity contribution in [2.45, 2.75) is 10.2 Å². The molecule has 0 saturated carbocycles. The number of H-pyrrole nitrogens is 1. The normalized spacial score (nSPS) is 10.3. The van der Waals surface area contributed by atoms with Crippen molar-refractivity contribution in [3.63, 3.8) is 0 Å². The molecule has 10 heteroatoms. The summed E-state index contributed by atoms with van der Waals surface area (Å²) >= 11 is 1.10. The Morgan fingerprint density at radius 3 is 2.94 bits per heavy atom. The monoisotopic (exact) mass is 267 g/mol. The summed E-state index contributed by atoms with van der Waals surface area (Å²) < 4.78 is 1.34. The fourth-order valence-corrected chi connectivity index (χ4v) is 1.89. The van der Waals surface area contributed by atoms with E-state index in [9.17, 15) is 9.59 Å². The Kier molecular flexibility index (Phi) is 3.39. The quantitative estimate of drug-likeness (QED) is 0.270. The van der Waals surface area contributed by atoms with Crippen molar-refractivity contribution in [3.05, 3.63) is 33.1 Å². The number of aromatic nitrogens is 5. The molecule has 0 aliphatic carbocycles. The van der Waals surface area contributed by atoms with Gasteiger partial charge < -0.3 is 5.43 Å². The van der Waals surface area contributed by atoms with Gasteiger partial charge in [-0.2, -0.15) is 4.98 Å². The van der Waals surface area contributed by atoms with Crippen molar-refractivity contribution < 1.29 is 0 Å². The lowest BCUT2D eigenvalue weighted by molar-refractivity contribution is 0.596. The van der Waals surface area contributed by atoms with Crippen LogP contribution in [0.25, 0.3) is 0 Å². The zero-order valence-electron chi connectivity index (χ0n) is 9.25. The van der Waals surface area contributed by atoms with E-state index >= 15 is 0 Å². The van der Waals surface area contributed by atoms with Gasteiger partial charge in [0, 0.05) is 13.1 Å². The molecule has 0 radical (unpaired) electrons. The highest BCUT2D eigenvalue weighted by molar-refractivity contribution is 7.99. The van der Waals surface area contributed by atoms with E-state index in [0.29, 0.717) is 16.0 Å². The second-order valence-corrected chi connectivity index (χ2v) is 4.17. The Morgan fingerprint density at radius 1 is 1.44 bits per heavy atom. The number of aryl methyl sites for hydroxylation is 1. The minimum Gasteiger partial charge on any atom is -0.308 e. The molecule has 0 unspecified atom stereocenters. The van der Waals surface area contributed by atoms with Crippen LogP contribution in [0, 0.1) is 0 Å². The van der Waals surface area contributed by atoms with E-state index in [4.69, 9.17) is 5.84 Å². The number of hydrogen-bond donors (Lipinski definition) is 3. The van der Waals surface area contributed by atoms with Crippen molar-refractivity contribution in [1.29, 1.82) is 0 Å². The van der Waals surface area contributed by atoms with E-state index in [-0.39, 0.29) is 0 Å². The van der Waals surface area contributed by atoms with Crippen LogP contribution in [-0.2, 0) is 7.05 Å². The van der Waals surface area contributed by atoms with E-state index in [1.54, 1.807) is 13.1 Å². The van der Waals surface area contributed by atoms with Crippen LogP contribution in [0.4, 0.5) is 5.82 Å². The van der Waals surface area contributed by atoms with E-state index in [0.717, 1.165) is 11.8 Å². The second-order valence-electron chi connectivity index (χ2n) is 3.19. The second kappa shape index (κ2) is 4.98. The van der Waals surface area contributed by atoms with Crippen LogP contribution < -0.4 is 22.4 Å². The smallest absolute Gasteiger partial charge is 0.308 e. The first-order valence-electron chi connectivity index (χ1n) is 4.74. The highest BCUT2D eigenvalue weighted by atomic mass is 32.2. The SMILES string of the molecule is Cn1[nH]c(=O)c(=O)nc1Sc1cc(NN)ncn1. The average Bonchev–Trinajstić information content (AvgIpc) is 2.36. The third-order valence-corrected chi connectivity index (χ3v) is 2.91. The first-order valence-corrected chi connectivity index (χ1v) is 5.55. The van der Waals surface area contributed by atoms with Gasteiger partial charge in [-0.15, -0.1) is 0 Å². The summed E-state index contributed by atoms with van der Waals surface area (Å²) in [5.41, 5.74) is 0.762. The molecule has 0 saturated heterocycles. The first-order chi connectivity index (χ1) is 8.60. The number of aromatic amines is 1. The molecule has 0 fully saturated rings. The molecule has 2 rings (SSSR count). The molecular weight excluding hydrogens is 258 g/mol. The summed E-state index contributed by atoms with van der Waals surface area (Å²) in [7, 11) is 1.57. The first kappa shape index (κ1) is 12.3. The predicted molar refractivity (Wildman–Crippen MR) is 64.1 cm³/mol. The maximum Gasteiger partial charge on any atom is 0.339 e. The van der Waals surface area contributed by atoms with Crippen molar-refractivity contribution >= 4 is 17.6 Å². The minimum absolute atomic E-state index is 0.307. The summed E-state index contributed by atoms with van der Waals surface area (Å²) in [6.07, 6.45) is 1.32. The fraction of sp³-hybridized carbons (Fsp3) is 0.125. The number of anilines is 1. The molecule has 0 atom stereocenters. The molecule has 0 aromatic carbocycles. The van der Waals surface area contributed by atoms with Crippen LogP contribution in [-0.4, -0.2) is 24.7 Å². The average molecular weight is 267 g/mol. The molecule has 2 aromatic heterocycles. The van der Waals surface area contributed by atoms with Crippen LogP contribution in [0.1, 0.15) is 0 Å². The number of rotatable bonds is 3. The lowest BCUT2D eigenvalue weighted by Crippen LogP contribution is -2.33. The van der Waals surface area contributed by atoms with Crippen LogP contribution in [0.15, 0.2) is 32.2 Å². The highest BCUT2D eigenvalue weighted by Crippen LogP contribution is 2.22. The maximum absolute atomic E-state index is 11.2. The van der Waals surface area contributed by atoms with Crippen molar-refractivity contribution in [2.24, 2.45) is 12.9 Å². The largest absolute Gasteiger partial charge is 0.339 e. The topological polar surface area (TPSA) is 132 Å². The van der Waals surface area contributed by atoms with Gasteiger partial charge in [0.05, 0.1) is 0 Å². The van der Waals surface area contributed by atoms with Crippen LogP contribution in [0.2, 0.25) is 0 Å². The van der Waals surface area contributed by atoms with Crippen LogP contribution in [0.3, 0.4) is 0 Å². The third kappa shape index (κ3) is 2.55. The Labute approximate surface area is 104 Å². The molecule has 4 N–H and O–H groups in total. The fourth-order valence-electron chi connectivity index (χ4n) is 1.12. The molecule has 2 heterocycles. The summed E-state index contributed by atoms with van der Waals surface area (Å²) in [5.74, 6) is 5.65. The van der Waals surface area contributed by atoms with Gasteiger partial charge in [0.25, 0.3) is 0 Å². The lowest BCUT2D eigenvalue weighted by atomic mass is 10.6. The van der Waals surface area contributed by atoms with Gasteiger partial charge in [0.15, 0.2) is 5.16 Å². The zero-order valence-corrected chi connectivity index (χ0v) is 10.1. The Bertz CT molecular complexity index is 680. The van der Waals surface area contributed by atoms with Gasteiger partial charge in [0.1, 0.15) is 17.2 Å². The number of nitrogens with two attached hydrogens (primary N) is 1. The number of nitrogens with zero attached hydrogens (tertiary/aromatic N) is 4. The predicted octanol–water partition coefficient (Wildman–Crippen LogP) is -1.30. The molecular formula is C8H9N7O2S. The van der Waals surface area contributed by atoms with Gasteiger partial charge in [-0.1, -0.05) is 0 Å². The maximum atomic E-state index is 11.2. The Morgan fingerprint density at radius 2 is 2.22 bits per heavy atom. The number of nitrogen functional groups attached to an aromatic ring is 1. The molecule has 0 spiro atoms. The molecule has 0 amide bonds. The zero-order chi connectivity index (χ0) is 13.1. The molecule has 2 aromatic rings. The minimum atomic E-state index is -0.846.